The van der Waals surface area contributed by atoms with E-state index in [0.717, 1.165) is 54.9 Å². The Morgan fingerprint density at radius 1 is 1.00 bits per heavy atom. The van der Waals surface area contributed by atoms with Crippen LogP contribution < -0.4 is 4.74 Å². The monoisotopic (exact) mass is 512 g/mol. The fraction of sp³-hybridized carbons (Fsp3) is 0.357. The highest BCUT2D eigenvalue weighted by Crippen LogP contribution is 2.30. The summed E-state index contributed by atoms with van der Waals surface area (Å²) in [5.74, 6) is 0.858. The number of carbonyl (C=O) groups excluding carboxylic acids is 1. The van der Waals surface area contributed by atoms with E-state index in [-0.39, 0.29) is 5.97 Å². The predicted molar refractivity (Wildman–Crippen MR) is 140 cm³/mol. The van der Waals surface area contributed by atoms with E-state index in [1.54, 1.807) is 6.07 Å². The summed E-state index contributed by atoms with van der Waals surface area (Å²) in [6, 6.07) is 19.5. The summed E-state index contributed by atoms with van der Waals surface area (Å²) in [5, 5.41) is 1.13. The molecule has 4 rings (SSSR count). The number of hydrogen-bond donors (Lipinski definition) is 0. The van der Waals surface area contributed by atoms with Crippen LogP contribution in [0.1, 0.15) is 37.3 Å². The van der Waals surface area contributed by atoms with E-state index in [0.29, 0.717) is 41.5 Å². The van der Waals surface area contributed by atoms with Crippen molar-refractivity contribution in [2.45, 2.75) is 39.3 Å². The number of ether oxygens (including phenoxy) is 2. The molecule has 0 spiro atoms. The molecule has 1 aliphatic rings. The van der Waals surface area contributed by atoms with Gasteiger partial charge in [-0.25, -0.2) is 4.98 Å². The van der Waals surface area contributed by atoms with Gasteiger partial charge in [0.15, 0.2) is 0 Å². The smallest absolute Gasteiger partial charge is 0.306 e. The van der Waals surface area contributed by atoms with Crippen molar-refractivity contribution < 1.29 is 14.3 Å². The molecule has 1 fully saturated rings. The van der Waals surface area contributed by atoms with Crippen LogP contribution in [0.3, 0.4) is 0 Å². The highest BCUT2D eigenvalue weighted by Gasteiger charge is 2.22. The summed E-state index contributed by atoms with van der Waals surface area (Å²) in [4.78, 5) is 19.0. The number of aromatic nitrogens is 1. The molecule has 0 bridgehead atoms. The molecule has 0 unspecified atom stereocenters. The average molecular weight is 513 g/mol. The van der Waals surface area contributed by atoms with Crippen molar-refractivity contribution in [3.63, 3.8) is 0 Å². The van der Waals surface area contributed by atoms with Gasteiger partial charge in [0.05, 0.1) is 12.3 Å². The van der Waals surface area contributed by atoms with Crippen molar-refractivity contribution in [2.75, 3.05) is 19.7 Å². The third kappa shape index (κ3) is 7.69. The van der Waals surface area contributed by atoms with Crippen LogP contribution in [0.15, 0.2) is 60.7 Å². The summed E-state index contributed by atoms with van der Waals surface area (Å²) in [6.45, 7) is 5.37. The minimum Gasteiger partial charge on any atom is -0.473 e. The topological polar surface area (TPSA) is 51.7 Å². The van der Waals surface area contributed by atoms with Gasteiger partial charge in [-0.15, -0.1) is 0 Å². The molecular formula is C28H30Cl2N2O3. The Hall–Kier alpha value is -2.60. The summed E-state index contributed by atoms with van der Waals surface area (Å²) >= 11 is 12.5. The van der Waals surface area contributed by atoms with Crippen molar-refractivity contribution >= 4 is 29.2 Å². The first kappa shape index (κ1) is 25.5. The van der Waals surface area contributed by atoms with Crippen LogP contribution in [0.4, 0.5) is 0 Å². The fourth-order valence-electron chi connectivity index (χ4n) is 4.37. The van der Waals surface area contributed by atoms with Gasteiger partial charge in [0, 0.05) is 34.6 Å². The number of likely N-dealkylation sites (tertiary alicyclic amines) is 1. The Morgan fingerprint density at radius 2 is 1.71 bits per heavy atom. The van der Waals surface area contributed by atoms with E-state index in [9.17, 15) is 4.79 Å². The standard InChI is InChI=1S/C28H30Cl2N2O3/c1-2-34-28(33)14-20-8-10-32(11-9-20)18-22-12-26(23-15-24(29)17-25(30)16-23)31-27(13-22)35-19-21-6-4-3-5-7-21/h3-7,12-13,15-17,20H,2,8-11,14,18-19H2,1H3. The molecule has 35 heavy (non-hydrogen) atoms. The lowest BCUT2D eigenvalue weighted by molar-refractivity contribution is -0.144. The van der Waals surface area contributed by atoms with Crippen molar-refractivity contribution in [3.8, 4) is 17.1 Å². The molecule has 1 aliphatic heterocycles. The number of hydrogen-bond acceptors (Lipinski definition) is 5. The van der Waals surface area contributed by atoms with Gasteiger partial charge in [0.25, 0.3) is 0 Å². The first-order chi connectivity index (χ1) is 17.0. The second-order valence-corrected chi connectivity index (χ2v) is 9.73. The van der Waals surface area contributed by atoms with Crippen LogP contribution in [0.5, 0.6) is 5.88 Å². The second kappa shape index (κ2) is 12.4. The molecule has 5 nitrogen and oxygen atoms in total. The molecule has 0 saturated carbocycles. The molecule has 1 saturated heterocycles. The molecule has 0 amide bonds. The van der Waals surface area contributed by atoms with Crippen LogP contribution in [0.2, 0.25) is 10.0 Å². The number of halogens is 2. The number of nitrogens with zero attached hydrogens (tertiary/aromatic N) is 2. The quantitative estimate of drug-likeness (QED) is 0.295. The van der Waals surface area contributed by atoms with E-state index in [1.807, 2.05) is 55.5 Å². The summed E-state index contributed by atoms with van der Waals surface area (Å²) < 4.78 is 11.2. The molecule has 0 radical (unpaired) electrons. The second-order valence-electron chi connectivity index (χ2n) is 8.86. The van der Waals surface area contributed by atoms with E-state index in [2.05, 4.69) is 11.0 Å². The van der Waals surface area contributed by atoms with Crippen molar-refractivity contribution in [3.05, 3.63) is 81.8 Å². The molecular weight excluding hydrogens is 483 g/mol. The zero-order valence-electron chi connectivity index (χ0n) is 19.9. The van der Waals surface area contributed by atoms with E-state index >= 15 is 0 Å². The largest absolute Gasteiger partial charge is 0.473 e. The van der Waals surface area contributed by atoms with Crippen LogP contribution in [-0.2, 0) is 22.7 Å². The lowest BCUT2D eigenvalue weighted by Gasteiger charge is -2.31. The van der Waals surface area contributed by atoms with Gasteiger partial charge < -0.3 is 9.47 Å². The van der Waals surface area contributed by atoms with Gasteiger partial charge >= 0.3 is 5.97 Å². The molecule has 3 aromatic rings. The van der Waals surface area contributed by atoms with E-state index in [1.165, 1.54) is 0 Å². The Balaban J connectivity index is 1.49. The molecule has 7 heteroatoms. The van der Waals surface area contributed by atoms with Gasteiger partial charge in [-0.3, -0.25) is 9.69 Å². The van der Waals surface area contributed by atoms with Gasteiger partial charge in [0.1, 0.15) is 6.61 Å². The van der Waals surface area contributed by atoms with E-state index < -0.39 is 0 Å². The SMILES string of the molecule is CCOC(=O)CC1CCN(Cc2cc(OCc3ccccc3)nc(-c3cc(Cl)cc(Cl)c3)c2)CC1. The van der Waals surface area contributed by atoms with Gasteiger partial charge in [-0.1, -0.05) is 53.5 Å². The molecule has 2 heterocycles. The first-order valence-electron chi connectivity index (χ1n) is 12.0. The van der Waals surface area contributed by atoms with Crippen LogP contribution in [0.25, 0.3) is 11.3 Å². The summed E-state index contributed by atoms with van der Waals surface area (Å²) in [7, 11) is 0. The first-order valence-corrected chi connectivity index (χ1v) is 12.8. The molecule has 0 aliphatic carbocycles. The number of piperidine rings is 1. The minimum absolute atomic E-state index is 0.0925. The van der Waals surface area contributed by atoms with Crippen molar-refractivity contribution in [1.29, 1.82) is 0 Å². The highest BCUT2D eigenvalue weighted by atomic mass is 35.5. The maximum atomic E-state index is 11.8. The highest BCUT2D eigenvalue weighted by molar-refractivity contribution is 6.35. The average Bonchev–Trinajstić information content (AvgIpc) is 2.84. The predicted octanol–water partition coefficient (Wildman–Crippen LogP) is 6.80. The molecule has 1 aromatic heterocycles. The van der Waals surface area contributed by atoms with Crippen LogP contribution >= 0.6 is 23.2 Å². The maximum absolute atomic E-state index is 11.8. The van der Waals surface area contributed by atoms with Crippen LogP contribution in [-0.4, -0.2) is 35.5 Å². The molecule has 0 N–H and O–H groups in total. The van der Waals surface area contributed by atoms with E-state index in [4.69, 9.17) is 37.7 Å². The molecule has 0 atom stereocenters. The summed E-state index contributed by atoms with van der Waals surface area (Å²) in [6.07, 6.45) is 2.48. The minimum atomic E-state index is -0.0925. The zero-order valence-corrected chi connectivity index (χ0v) is 21.4. The van der Waals surface area contributed by atoms with Crippen LogP contribution in [0, 0.1) is 5.92 Å². The number of benzene rings is 2. The third-order valence-electron chi connectivity index (χ3n) is 6.12. The Morgan fingerprint density at radius 3 is 2.40 bits per heavy atom. The number of pyridine rings is 1. The molecule has 2 aromatic carbocycles. The Kier molecular flexibility index (Phi) is 9.02. The zero-order chi connectivity index (χ0) is 24.6. The summed E-state index contributed by atoms with van der Waals surface area (Å²) in [5.41, 5.74) is 3.81. The lowest BCUT2D eigenvalue weighted by Crippen LogP contribution is -2.34. The van der Waals surface area contributed by atoms with Gasteiger partial charge in [-0.05, 0) is 74.2 Å². The lowest BCUT2D eigenvalue weighted by atomic mass is 9.93. The van der Waals surface area contributed by atoms with Crippen molar-refractivity contribution in [2.24, 2.45) is 5.92 Å². The van der Waals surface area contributed by atoms with Crippen molar-refractivity contribution in [1.82, 2.24) is 9.88 Å². The third-order valence-corrected chi connectivity index (χ3v) is 6.56. The van der Waals surface area contributed by atoms with Gasteiger partial charge in [-0.2, -0.15) is 0 Å². The molecule has 184 valence electrons. The Bertz CT molecular complexity index is 1110. The maximum Gasteiger partial charge on any atom is 0.306 e. The van der Waals surface area contributed by atoms with Gasteiger partial charge in [0.2, 0.25) is 5.88 Å². The normalized spacial score (nSPS) is 14.6. The fourth-order valence-corrected chi connectivity index (χ4v) is 4.89. The number of carbonyl (C=O) groups is 1. The Labute approximate surface area is 217 Å². The number of esters is 1. The number of rotatable bonds is 9.